The molecule has 0 fully saturated rings. The number of nitrogens with one attached hydrogen (secondary N) is 1. The molecule has 0 unspecified atom stereocenters. The number of aromatic nitrogens is 2. The molecule has 0 saturated carbocycles. The highest BCUT2D eigenvalue weighted by atomic mass is 32.2. The molecule has 0 saturated heterocycles. The molecular formula is C8H14N4O3S2. The van der Waals surface area contributed by atoms with Gasteiger partial charge in [-0.1, -0.05) is 0 Å². The van der Waals surface area contributed by atoms with Crippen LogP contribution in [-0.4, -0.2) is 43.3 Å². The summed E-state index contributed by atoms with van der Waals surface area (Å²) in [7, 11) is -1.50. The molecule has 0 bridgehead atoms. The molecule has 0 aliphatic carbocycles. The fraction of sp³-hybridized carbons (Fsp3) is 0.500. The van der Waals surface area contributed by atoms with E-state index in [0.717, 1.165) is 0 Å². The molecule has 0 radical (unpaired) electrons. The molecule has 96 valence electrons. The van der Waals surface area contributed by atoms with Crippen LogP contribution in [0.2, 0.25) is 0 Å². The summed E-state index contributed by atoms with van der Waals surface area (Å²) in [5, 5.41) is 0.555. The minimum absolute atomic E-state index is 0.0796. The summed E-state index contributed by atoms with van der Waals surface area (Å²) in [6.07, 6.45) is 2.53. The number of ether oxygens (including phenoxy) is 1. The number of rotatable bonds is 6. The Kier molecular flexibility index (Phi) is 4.97. The van der Waals surface area contributed by atoms with Gasteiger partial charge in [-0.05, 0) is 0 Å². The summed E-state index contributed by atoms with van der Waals surface area (Å²) in [6.45, 7) is 0. The van der Waals surface area contributed by atoms with Crippen molar-refractivity contribution in [1.82, 2.24) is 9.97 Å². The second kappa shape index (κ2) is 6.03. The number of thioether (sulfide) groups is 1. The lowest BCUT2D eigenvalue weighted by molar-refractivity contribution is 0.400. The highest BCUT2D eigenvalue weighted by Gasteiger charge is 2.12. The Morgan fingerprint density at radius 3 is 2.76 bits per heavy atom. The average Bonchev–Trinajstić information content (AvgIpc) is 2.27. The number of sulfone groups is 1. The van der Waals surface area contributed by atoms with Gasteiger partial charge >= 0.3 is 0 Å². The molecule has 0 aromatic carbocycles. The second-order valence-electron chi connectivity index (χ2n) is 3.18. The zero-order valence-electron chi connectivity index (χ0n) is 9.50. The van der Waals surface area contributed by atoms with Crippen molar-refractivity contribution in [3.8, 4) is 5.75 Å². The highest BCUT2D eigenvalue weighted by Crippen LogP contribution is 2.31. The van der Waals surface area contributed by atoms with Gasteiger partial charge in [0.1, 0.15) is 21.2 Å². The molecular weight excluding hydrogens is 264 g/mol. The maximum Gasteiger partial charge on any atom is 0.195 e. The maximum absolute atomic E-state index is 11.0. The molecule has 0 spiro atoms. The van der Waals surface area contributed by atoms with E-state index >= 15 is 0 Å². The van der Waals surface area contributed by atoms with Gasteiger partial charge in [-0.2, -0.15) is 0 Å². The molecule has 1 heterocycles. The zero-order chi connectivity index (χ0) is 12.9. The Labute approximate surface area is 104 Å². The lowest BCUT2D eigenvalue weighted by Gasteiger charge is -2.09. The van der Waals surface area contributed by atoms with Crippen LogP contribution in [0.1, 0.15) is 0 Å². The summed E-state index contributed by atoms with van der Waals surface area (Å²) in [5.74, 6) is 6.52. The smallest absolute Gasteiger partial charge is 0.195 e. The van der Waals surface area contributed by atoms with Gasteiger partial charge in [0.25, 0.3) is 0 Å². The Morgan fingerprint density at radius 1 is 1.53 bits per heavy atom. The third-order valence-corrected chi connectivity index (χ3v) is 3.98. The number of anilines is 1. The molecule has 9 heteroatoms. The number of nitrogens with two attached hydrogens (primary N) is 1. The molecule has 1 rings (SSSR count). The van der Waals surface area contributed by atoms with Crippen LogP contribution in [0, 0.1) is 0 Å². The van der Waals surface area contributed by atoms with Crippen LogP contribution < -0.4 is 16.0 Å². The normalized spacial score (nSPS) is 11.2. The first-order valence-electron chi connectivity index (χ1n) is 4.64. The highest BCUT2D eigenvalue weighted by molar-refractivity contribution is 8.00. The first-order chi connectivity index (χ1) is 7.98. The van der Waals surface area contributed by atoms with Gasteiger partial charge in [0.2, 0.25) is 0 Å². The molecule has 1 aromatic heterocycles. The Balaban J connectivity index is 2.77. The topological polar surface area (TPSA) is 107 Å². The predicted octanol–water partition coefficient (Wildman–Crippen LogP) is -0.0925. The SMILES string of the molecule is COc1c(NN)ncnc1SCCS(C)(=O)=O. The minimum atomic E-state index is -2.97. The van der Waals surface area contributed by atoms with E-state index in [1.807, 2.05) is 0 Å². The molecule has 0 aliphatic rings. The van der Waals surface area contributed by atoms with Crippen molar-refractivity contribution in [2.24, 2.45) is 5.84 Å². The van der Waals surface area contributed by atoms with Gasteiger partial charge < -0.3 is 10.2 Å². The molecule has 3 N–H and O–H groups in total. The zero-order valence-corrected chi connectivity index (χ0v) is 11.1. The van der Waals surface area contributed by atoms with Crippen LogP contribution in [0.3, 0.4) is 0 Å². The Bertz CT molecular complexity index is 478. The van der Waals surface area contributed by atoms with Gasteiger partial charge in [0, 0.05) is 12.0 Å². The van der Waals surface area contributed by atoms with E-state index in [1.54, 1.807) is 0 Å². The van der Waals surface area contributed by atoms with E-state index in [9.17, 15) is 8.42 Å². The third kappa shape index (κ3) is 4.36. The number of nitrogen functional groups attached to an aromatic ring is 1. The molecule has 0 atom stereocenters. The summed E-state index contributed by atoms with van der Waals surface area (Å²) < 4.78 is 27.1. The quantitative estimate of drug-likeness (QED) is 0.322. The number of hydrogen-bond acceptors (Lipinski definition) is 8. The second-order valence-corrected chi connectivity index (χ2v) is 6.53. The number of nitrogens with zero attached hydrogens (tertiary/aromatic N) is 2. The van der Waals surface area contributed by atoms with Gasteiger partial charge in [0.15, 0.2) is 11.6 Å². The van der Waals surface area contributed by atoms with Crippen LogP contribution in [0.5, 0.6) is 5.75 Å². The molecule has 0 aliphatic heterocycles. The third-order valence-electron chi connectivity index (χ3n) is 1.80. The predicted molar refractivity (Wildman–Crippen MR) is 66.8 cm³/mol. The lowest BCUT2D eigenvalue weighted by atomic mass is 10.5. The fourth-order valence-electron chi connectivity index (χ4n) is 1.04. The number of hydrazine groups is 1. The first-order valence-corrected chi connectivity index (χ1v) is 7.68. The van der Waals surface area contributed by atoms with Crippen LogP contribution in [-0.2, 0) is 9.84 Å². The van der Waals surface area contributed by atoms with Crippen LogP contribution >= 0.6 is 11.8 Å². The van der Waals surface area contributed by atoms with E-state index < -0.39 is 9.84 Å². The number of hydrogen-bond donors (Lipinski definition) is 2. The van der Waals surface area contributed by atoms with Gasteiger partial charge in [-0.25, -0.2) is 24.2 Å². The monoisotopic (exact) mass is 278 g/mol. The summed E-state index contributed by atoms with van der Waals surface area (Å²) in [6, 6.07) is 0. The van der Waals surface area contributed by atoms with Crippen molar-refractivity contribution < 1.29 is 13.2 Å². The van der Waals surface area contributed by atoms with Gasteiger partial charge in [0.05, 0.1) is 12.9 Å². The lowest BCUT2D eigenvalue weighted by Crippen LogP contribution is -2.11. The van der Waals surface area contributed by atoms with Crippen LogP contribution in [0.25, 0.3) is 0 Å². The molecule has 0 amide bonds. The molecule has 7 nitrogen and oxygen atoms in total. The largest absolute Gasteiger partial charge is 0.490 e. The first kappa shape index (κ1) is 14.0. The van der Waals surface area contributed by atoms with Crippen molar-refractivity contribution >= 4 is 27.4 Å². The van der Waals surface area contributed by atoms with Crippen molar-refractivity contribution in [1.29, 1.82) is 0 Å². The van der Waals surface area contributed by atoms with E-state index in [-0.39, 0.29) is 5.75 Å². The van der Waals surface area contributed by atoms with E-state index in [0.29, 0.717) is 22.3 Å². The van der Waals surface area contributed by atoms with Gasteiger partial charge in [-0.15, -0.1) is 11.8 Å². The van der Waals surface area contributed by atoms with Crippen LogP contribution in [0.4, 0.5) is 5.82 Å². The minimum Gasteiger partial charge on any atom is -0.490 e. The van der Waals surface area contributed by atoms with E-state index in [4.69, 9.17) is 10.6 Å². The van der Waals surface area contributed by atoms with Gasteiger partial charge in [-0.3, -0.25) is 0 Å². The number of methoxy groups -OCH3 is 1. The average molecular weight is 278 g/mol. The van der Waals surface area contributed by atoms with Crippen LogP contribution in [0.15, 0.2) is 11.4 Å². The van der Waals surface area contributed by atoms with Crippen molar-refractivity contribution in [2.75, 3.05) is 30.3 Å². The van der Waals surface area contributed by atoms with Crippen molar-refractivity contribution in [2.45, 2.75) is 5.03 Å². The van der Waals surface area contributed by atoms with Crippen molar-refractivity contribution in [3.05, 3.63) is 6.33 Å². The maximum atomic E-state index is 11.0. The van der Waals surface area contributed by atoms with Crippen molar-refractivity contribution in [3.63, 3.8) is 0 Å². The Morgan fingerprint density at radius 2 is 2.24 bits per heavy atom. The summed E-state index contributed by atoms with van der Waals surface area (Å²) >= 11 is 1.28. The standard InChI is InChI=1S/C8H14N4O3S2/c1-15-6-7(12-9)10-5-11-8(6)16-3-4-17(2,13)14/h5H,3-4,9H2,1-2H3,(H,10,11,12). The summed E-state index contributed by atoms with van der Waals surface area (Å²) in [5.41, 5.74) is 2.39. The van der Waals surface area contributed by atoms with E-state index in [1.165, 1.54) is 31.5 Å². The van der Waals surface area contributed by atoms with E-state index in [2.05, 4.69) is 15.4 Å². The fourth-order valence-corrected chi connectivity index (χ4v) is 3.21. The molecule has 17 heavy (non-hydrogen) atoms. The molecule has 1 aromatic rings. The Hall–Kier alpha value is -1.06. The summed E-state index contributed by atoms with van der Waals surface area (Å²) in [4.78, 5) is 7.90.